The lowest BCUT2D eigenvalue weighted by molar-refractivity contribution is 0.222. The van der Waals surface area contributed by atoms with E-state index in [1.165, 1.54) is 27.8 Å². The average Bonchev–Trinajstić information content (AvgIpc) is 3.22. The second-order valence-electron chi connectivity index (χ2n) is 8.23. The van der Waals surface area contributed by atoms with Gasteiger partial charge in [-0.1, -0.05) is 109 Å². The molecular weight excluding hydrogens is 376 g/mol. The molecule has 0 radical (unpaired) electrons. The molecule has 0 aromatic heterocycles. The molecule has 0 spiro atoms. The maximum absolute atomic E-state index is 11.6. The second kappa shape index (κ2) is 7.23. The molecule has 0 fully saturated rings. The normalized spacial score (nSPS) is 13.1. The van der Waals surface area contributed by atoms with Crippen molar-refractivity contribution in [1.29, 1.82) is 0 Å². The van der Waals surface area contributed by atoms with E-state index in [4.69, 9.17) is 0 Å². The predicted molar refractivity (Wildman–Crippen MR) is 128 cm³/mol. The zero-order valence-electron chi connectivity index (χ0n) is 17.1. The Hall–Kier alpha value is -3.68. The van der Waals surface area contributed by atoms with Gasteiger partial charge >= 0.3 is 0 Å². The number of hydrogen-bond acceptors (Lipinski definition) is 1. The molecule has 1 heteroatoms. The largest absolute Gasteiger partial charge is 0.384 e. The predicted octanol–water partition coefficient (Wildman–Crippen LogP) is 7.16. The Kier molecular flexibility index (Phi) is 4.22. The van der Waals surface area contributed by atoms with Crippen LogP contribution in [0.5, 0.6) is 0 Å². The fourth-order valence-corrected chi connectivity index (χ4v) is 5.04. The highest BCUT2D eigenvalue weighted by Crippen LogP contribution is 2.44. The van der Waals surface area contributed by atoms with Crippen LogP contribution >= 0.6 is 0 Å². The summed E-state index contributed by atoms with van der Waals surface area (Å²) >= 11 is 0. The number of aliphatic hydroxyl groups excluding tert-OH is 1. The molecule has 0 aliphatic heterocycles. The average molecular weight is 399 g/mol. The van der Waals surface area contributed by atoms with Crippen LogP contribution in [-0.2, 0) is 6.42 Å². The molecule has 1 aliphatic rings. The molecular formula is C30H22O. The zero-order valence-corrected chi connectivity index (χ0v) is 17.1. The fraction of sp³-hybridized carbons (Fsp3) is 0.0667. The summed E-state index contributed by atoms with van der Waals surface area (Å²) in [6.07, 6.45) is 0.233. The summed E-state index contributed by atoms with van der Waals surface area (Å²) in [5, 5.41) is 13.8. The highest BCUT2D eigenvalue weighted by Gasteiger charge is 2.25. The molecule has 0 bridgehead atoms. The van der Waals surface area contributed by atoms with Crippen molar-refractivity contribution in [2.75, 3.05) is 0 Å². The number of benzene rings is 5. The molecule has 1 aliphatic carbocycles. The van der Waals surface area contributed by atoms with Crippen LogP contribution in [0.15, 0.2) is 109 Å². The quantitative estimate of drug-likeness (QED) is 0.335. The van der Waals surface area contributed by atoms with Crippen molar-refractivity contribution < 1.29 is 5.11 Å². The second-order valence-corrected chi connectivity index (χ2v) is 8.23. The lowest BCUT2D eigenvalue weighted by Crippen LogP contribution is -2.04. The van der Waals surface area contributed by atoms with E-state index >= 15 is 0 Å². The van der Waals surface area contributed by atoms with Gasteiger partial charge in [-0.2, -0.15) is 0 Å². The Morgan fingerprint density at radius 3 is 2.10 bits per heavy atom. The Labute approximate surface area is 182 Å². The molecule has 148 valence electrons. The third kappa shape index (κ3) is 2.90. The first-order valence-corrected chi connectivity index (χ1v) is 10.8. The van der Waals surface area contributed by atoms with Crippen LogP contribution < -0.4 is 0 Å². The van der Waals surface area contributed by atoms with Crippen LogP contribution in [0.2, 0.25) is 0 Å². The van der Waals surface area contributed by atoms with E-state index in [-0.39, 0.29) is 0 Å². The third-order valence-electron chi connectivity index (χ3n) is 6.50. The van der Waals surface area contributed by atoms with Gasteiger partial charge in [-0.15, -0.1) is 0 Å². The maximum atomic E-state index is 11.6. The molecule has 1 unspecified atom stereocenters. The number of aliphatic hydroxyl groups is 1. The van der Waals surface area contributed by atoms with Crippen molar-refractivity contribution in [2.45, 2.75) is 12.5 Å². The topological polar surface area (TPSA) is 20.2 Å². The first-order valence-electron chi connectivity index (χ1n) is 10.8. The van der Waals surface area contributed by atoms with Crippen molar-refractivity contribution >= 4 is 10.8 Å². The minimum Gasteiger partial charge on any atom is -0.384 e. The Morgan fingerprint density at radius 2 is 1.23 bits per heavy atom. The van der Waals surface area contributed by atoms with Gasteiger partial charge in [-0.25, -0.2) is 0 Å². The number of hydrogen-bond donors (Lipinski definition) is 1. The standard InChI is InChI=1S/C30H22O/c31-30(21-10-2-1-3-11-21)29-24-14-7-4-9-20(24)17-18-27(29)26-16-8-15-25-23-13-6-5-12-22(23)19-28(25)26/h1-18,30-31H,19H2. The van der Waals surface area contributed by atoms with Gasteiger partial charge in [0.2, 0.25) is 0 Å². The number of fused-ring (bicyclic) bond motifs is 4. The summed E-state index contributed by atoms with van der Waals surface area (Å²) in [4.78, 5) is 0. The smallest absolute Gasteiger partial charge is 0.105 e. The van der Waals surface area contributed by atoms with Gasteiger partial charge in [0, 0.05) is 5.56 Å². The molecule has 6 rings (SSSR count). The van der Waals surface area contributed by atoms with Gasteiger partial charge in [0.15, 0.2) is 0 Å². The van der Waals surface area contributed by atoms with E-state index in [1.807, 2.05) is 30.3 Å². The van der Waals surface area contributed by atoms with Crippen molar-refractivity contribution in [3.05, 3.63) is 131 Å². The molecule has 0 saturated heterocycles. The van der Waals surface area contributed by atoms with Crippen molar-refractivity contribution in [3.8, 4) is 22.3 Å². The molecule has 0 heterocycles. The Morgan fingerprint density at radius 1 is 0.548 bits per heavy atom. The van der Waals surface area contributed by atoms with E-state index in [0.29, 0.717) is 0 Å². The van der Waals surface area contributed by atoms with E-state index in [9.17, 15) is 5.11 Å². The van der Waals surface area contributed by atoms with Crippen LogP contribution in [-0.4, -0.2) is 5.11 Å². The van der Waals surface area contributed by atoms with E-state index in [1.54, 1.807) is 0 Å². The molecule has 5 aromatic rings. The molecule has 1 atom stereocenters. The van der Waals surface area contributed by atoms with Crippen molar-refractivity contribution in [1.82, 2.24) is 0 Å². The molecule has 31 heavy (non-hydrogen) atoms. The lowest BCUT2D eigenvalue weighted by Gasteiger charge is -2.21. The van der Waals surface area contributed by atoms with Crippen LogP contribution in [0.3, 0.4) is 0 Å². The van der Waals surface area contributed by atoms with Crippen LogP contribution in [0.25, 0.3) is 33.0 Å². The molecule has 5 aromatic carbocycles. The minimum atomic E-state index is -0.693. The first-order chi connectivity index (χ1) is 15.3. The lowest BCUT2D eigenvalue weighted by atomic mass is 9.86. The van der Waals surface area contributed by atoms with Gasteiger partial charge in [0.05, 0.1) is 0 Å². The number of rotatable bonds is 3. The van der Waals surface area contributed by atoms with Crippen LogP contribution in [0.4, 0.5) is 0 Å². The van der Waals surface area contributed by atoms with E-state index in [0.717, 1.165) is 33.9 Å². The van der Waals surface area contributed by atoms with Gasteiger partial charge in [0.1, 0.15) is 6.10 Å². The Balaban J connectivity index is 1.62. The summed E-state index contributed by atoms with van der Waals surface area (Å²) in [6.45, 7) is 0. The van der Waals surface area contributed by atoms with Crippen molar-refractivity contribution in [3.63, 3.8) is 0 Å². The summed E-state index contributed by atoms with van der Waals surface area (Å²) < 4.78 is 0. The summed E-state index contributed by atoms with van der Waals surface area (Å²) in [5.74, 6) is 0. The van der Waals surface area contributed by atoms with Crippen LogP contribution in [0.1, 0.15) is 28.4 Å². The van der Waals surface area contributed by atoms with Gasteiger partial charge < -0.3 is 5.11 Å². The van der Waals surface area contributed by atoms with Gasteiger partial charge in [-0.3, -0.25) is 0 Å². The summed E-state index contributed by atoms with van der Waals surface area (Å²) in [5.41, 5.74) is 9.57. The third-order valence-corrected chi connectivity index (χ3v) is 6.50. The molecule has 0 amide bonds. The highest BCUT2D eigenvalue weighted by molar-refractivity contribution is 5.95. The summed E-state index contributed by atoms with van der Waals surface area (Å²) in [6, 6.07) is 37.9. The molecule has 1 N–H and O–H groups in total. The van der Waals surface area contributed by atoms with Gasteiger partial charge in [0.25, 0.3) is 0 Å². The fourth-order valence-electron chi connectivity index (χ4n) is 5.04. The molecule has 0 saturated carbocycles. The SMILES string of the molecule is OC(c1ccccc1)c1c(-c2cccc3c2Cc2ccccc2-3)ccc2ccccc12. The highest BCUT2D eigenvalue weighted by atomic mass is 16.3. The van der Waals surface area contributed by atoms with Gasteiger partial charge in [-0.05, 0) is 56.1 Å². The van der Waals surface area contributed by atoms with E-state index in [2.05, 4.69) is 78.9 Å². The van der Waals surface area contributed by atoms with Crippen molar-refractivity contribution in [2.24, 2.45) is 0 Å². The first kappa shape index (κ1) is 18.1. The monoisotopic (exact) mass is 398 g/mol. The molecule has 1 nitrogen and oxygen atoms in total. The van der Waals surface area contributed by atoms with Crippen LogP contribution in [0, 0.1) is 0 Å². The Bertz CT molecular complexity index is 1420. The minimum absolute atomic E-state index is 0.693. The summed E-state index contributed by atoms with van der Waals surface area (Å²) in [7, 11) is 0. The maximum Gasteiger partial charge on any atom is 0.105 e. The van der Waals surface area contributed by atoms with E-state index < -0.39 is 6.10 Å². The zero-order chi connectivity index (χ0) is 20.8.